The van der Waals surface area contributed by atoms with E-state index in [0.29, 0.717) is 28.8 Å². The minimum absolute atomic E-state index is 0.0873. The van der Waals surface area contributed by atoms with Gasteiger partial charge in [0.05, 0.1) is 29.6 Å². The van der Waals surface area contributed by atoms with Crippen molar-refractivity contribution < 1.29 is 19.0 Å². The first-order chi connectivity index (χ1) is 15.1. The van der Waals surface area contributed by atoms with E-state index in [1.807, 2.05) is 37.3 Å². The average molecular weight is 436 g/mol. The number of ether oxygens (including phenoxy) is 3. The first kappa shape index (κ1) is 20.6. The fourth-order valence-electron chi connectivity index (χ4n) is 3.12. The Morgan fingerprint density at radius 1 is 1.16 bits per heavy atom. The second-order valence-electron chi connectivity index (χ2n) is 6.56. The van der Waals surface area contributed by atoms with Gasteiger partial charge in [-0.3, -0.25) is 9.20 Å². The highest BCUT2D eigenvalue weighted by Gasteiger charge is 2.10. The van der Waals surface area contributed by atoms with E-state index < -0.39 is 5.97 Å². The Hall–Kier alpha value is -3.65. The lowest BCUT2D eigenvalue weighted by Crippen LogP contribution is -2.14. The molecule has 31 heavy (non-hydrogen) atoms. The summed E-state index contributed by atoms with van der Waals surface area (Å²) in [6.07, 6.45) is 2.95. The molecule has 4 aromatic rings. The SMILES string of the molecule is CCOc1cc(C=CC(=O)OCc2cc(=O)n3c(n2)sc2ccccc23)ccc1OC. The monoisotopic (exact) mass is 436 g/mol. The van der Waals surface area contributed by atoms with E-state index in [2.05, 4.69) is 4.98 Å². The topological polar surface area (TPSA) is 79.1 Å². The molecule has 0 fully saturated rings. The molecule has 158 valence electrons. The van der Waals surface area contributed by atoms with Crippen molar-refractivity contribution in [2.75, 3.05) is 13.7 Å². The van der Waals surface area contributed by atoms with Gasteiger partial charge >= 0.3 is 5.97 Å². The van der Waals surface area contributed by atoms with Crippen LogP contribution < -0.4 is 15.0 Å². The van der Waals surface area contributed by atoms with E-state index in [4.69, 9.17) is 14.2 Å². The molecule has 0 spiro atoms. The molecule has 0 aliphatic carbocycles. The van der Waals surface area contributed by atoms with Crippen LogP contribution in [0, 0.1) is 0 Å². The highest BCUT2D eigenvalue weighted by molar-refractivity contribution is 7.23. The smallest absolute Gasteiger partial charge is 0.331 e. The zero-order valence-electron chi connectivity index (χ0n) is 17.0. The van der Waals surface area contributed by atoms with E-state index in [0.717, 1.165) is 15.8 Å². The molecule has 0 unspecified atom stereocenters. The summed E-state index contributed by atoms with van der Waals surface area (Å²) in [6.45, 7) is 2.30. The normalized spacial score (nSPS) is 11.3. The highest BCUT2D eigenvalue weighted by Crippen LogP contribution is 2.28. The van der Waals surface area contributed by atoms with E-state index in [1.54, 1.807) is 29.7 Å². The third-order valence-electron chi connectivity index (χ3n) is 4.51. The predicted molar refractivity (Wildman–Crippen MR) is 120 cm³/mol. The van der Waals surface area contributed by atoms with Crippen LogP contribution >= 0.6 is 11.3 Å². The number of aromatic nitrogens is 2. The van der Waals surface area contributed by atoms with E-state index in [1.165, 1.54) is 23.5 Å². The molecule has 0 N–H and O–H groups in total. The van der Waals surface area contributed by atoms with Crippen molar-refractivity contribution in [1.29, 1.82) is 0 Å². The maximum absolute atomic E-state index is 12.5. The van der Waals surface area contributed by atoms with E-state index in [9.17, 15) is 9.59 Å². The number of para-hydroxylation sites is 1. The largest absolute Gasteiger partial charge is 0.493 e. The minimum atomic E-state index is -0.535. The van der Waals surface area contributed by atoms with Gasteiger partial charge < -0.3 is 14.2 Å². The lowest BCUT2D eigenvalue weighted by molar-refractivity contribution is -0.139. The summed E-state index contributed by atoms with van der Waals surface area (Å²) in [5.74, 6) is 0.685. The molecule has 0 saturated carbocycles. The number of rotatable bonds is 7. The summed E-state index contributed by atoms with van der Waals surface area (Å²) in [5.41, 5.74) is 1.79. The zero-order valence-corrected chi connectivity index (χ0v) is 17.8. The van der Waals surface area contributed by atoms with Crippen molar-refractivity contribution >= 4 is 38.6 Å². The van der Waals surface area contributed by atoms with Gasteiger partial charge in [-0.1, -0.05) is 29.5 Å². The van der Waals surface area contributed by atoms with Crippen LogP contribution in [0.1, 0.15) is 18.2 Å². The van der Waals surface area contributed by atoms with Crippen LogP contribution in [-0.4, -0.2) is 29.1 Å². The molecule has 0 amide bonds. The van der Waals surface area contributed by atoms with Crippen LogP contribution in [0.25, 0.3) is 21.3 Å². The van der Waals surface area contributed by atoms with Gasteiger partial charge in [0, 0.05) is 12.1 Å². The van der Waals surface area contributed by atoms with Crippen molar-refractivity contribution in [2.45, 2.75) is 13.5 Å². The van der Waals surface area contributed by atoms with Crippen LogP contribution in [0.2, 0.25) is 0 Å². The van der Waals surface area contributed by atoms with Gasteiger partial charge in [-0.25, -0.2) is 9.78 Å². The highest BCUT2D eigenvalue weighted by atomic mass is 32.1. The summed E-state index contributed by atoms with van der Waals surface area (Å²) < 4.78 is 18.6. The molecule has 2 aromatic carbocycles. The van der Waals surface area contributed by atoms with Crippen molar-refractivity contribution in [1.82, 2.24) is 9.38 Å². The Balaban J connectivity index is 1.46. The first-order valence-corrected chi connectivity index (χ1v) is 10.5. The summed E-state index contributed by atoms with van der Waals surface area (Å²) in [5, 5.41) is 0. The summed E-state index contributed by atoms with van der Waals surface area (Å²) in [4.78, 5) is 29.7. The van der Waals surface area contributed by atoms with Gasteiger partial charge in [0.15, 0.2) is 16.5 Å². The van der Waals surface area contributed by atoms with Gasteiger partial charge in [-0.05, 0) is 42.8 Å². The Bertz CT molecular complexity index is 1340. The summed E-state index contributed by atoms with van der Waals surface area (Å²) in [6, 6.07) is 14.4. The molecule has 0 saturated heterocycles. The summed E-state index contributed by atoms with van der Waals surface area (Å²) in [7, 11) is 1.57. The molecule has 2 aromatic heterocycles. The van der Waals surface area contributed by atoms with Gasteiger partial charge in [-0.2, -0.15) is 0 Å². The number of benzene rings is 2. The molecule has 0 atom stereocenters. The molecule has 2 heterocycles. The number of hydrogen-bond donors (Lipinski definition) is 0. The van der Waals surface area contributed by atoms with Crippen LogP contribution in [0.15, 0.2) is 59.4 Å². The molecule has 8 heteroatoms. The van der Waals surface area contributed by atoms with Crippen LogP contribution in [-0.2, 0) is 16.1 Å². The molecule has 0 aliphatic heterocycles. The van der Waals surface area contributed by atoms with Gasteiger partial charge in [0.2, 0.25) is 0 Å². The fourth-order valence-corrected chi connectivity index (χ4v) is 4.17. The van der Waals surface area contributed by atoms with Gasteiger partial charge in [0.1, 0.15) is 6.61 Å². The molecule has 0 aliphatic rings. The number of thiazole rings is 1. The third kappa shape index (κ3) is 4.44. The van der Waals surface area contributed by atoms with Crippen LogP contribution in [0.4, 0.5) is 0 Å². The lowest BCUT2D eigenvalue weighted by Gasteiger charge is -2.09. The maximum atomic E-state index is 12.5. The predicted octanol–water partition coefficient (Wildman–Crippen LogP) is 4.07. The number of carbonyl (C=O) groups is 1. The van der Waals surface area contributed by atoms with Gasteiger partial charge in [0.25, 0.3) is 5.56 Å². The second-order valence-corrected chi connectivity index (χ2v) is 7.57. The quantitative estimate of drug-likeness (QED) is 0.321. The standard InChI is InChI=1S/C23H20N2O5S/c1-3-29-19-12-15(8-10-18(19)28-2)9-11-22(27)30-14-16-13-21(26)25-17-6-4-5-7-20(17)31-23(25)24-16/h4-13H,3,14H2,1-2H3. The summed E-state index contributed by atoms with van der Waals surface area (Å²) >= 11 is 1.42. The Labute approximate surface area is 182 Å². The van der Waals surface area contributed by atoms with Crippen LogP contribution in [0.3, 0.4) is 0 Å². The van der Waals surface area contributed by atoms with Crippen molar-refractivity contribution in [3.63, 3.8) is 0 Å². The van der Waals surface area contributed by atoms with Crippen molar-refractivity contribution in [3.05, 3.63) is 76.2 Å². The fraction of sp³-hybridized carbons (Fsp3) is 0.174. The number of fused-ring (bicyclic) bond motifs is 3. The Kier molecular flexibility index (Phi) is 5.99. The third-order valence-corrected chi connectivity index (χ3v) is 5.53. The average Bonchev–Trinajstić information content (AvgIpc) is 3.15. The zero-order chi connectivity index (χ0) is 21.8. The molecule has 0 bridgehead atoms. The van der Waals surface area contributed by atoms with Crippen molar-refractivity contribution in [2.24, 2.45) is 0 Å². The lowest BCUT2D eigenvalue weighted by atomic mass is 10.2. The number of nitrogens with zero attached hydrogens (tertiary/aromatic N) is 2. The molecule has 0 radical (unpaired) electrons. The number of carbonyl (C=O) groups excluding carboxylic acids is 1. The Morgan fingerprint density at radius 3 is 2.81 bits per heavy atom. The maximum Gasteiger partial charge on any atom is 0.331 e. The Morgan fingerprint density at radius 2 is 2.00 bits per heavy atom. The number of methoxy groups -OCH3 is 1. The molecule has 7 nitrogen and oxygen atoms in total. The van der Waals surface area contributed by atoms with Gasteiger partial charge in [-0.15, -0.1) is 0 Å². The molecular weight excluding hydrogens is 416 g/mol. The van der Waals surface area contributed by atoms with Crippen LogP contribution in [0.5, 0.6) is 11.5 Å². The first-order valence-electron chi connectivity index (χ1n) is 9.65. The van der Waals surface area contributed by atoms with E-state index in [-0.39, 0.29) is 12.2 Å². The minimum Gasteiger partial charge on any atom is -0.493 e. The second kappa shape index (κ2) is 9.01. The number of esters is 1. The molecule has 4 rings (SSSR count). The van der Waals surface area contributed by atoms with E-state index >= 15 is 0 Å². The molecular formula is C23H20N2O5S. The van der Waals surface area contributed by atoms with Crippen molar-refractivity contribution in [3.8, 4) is 11.5 Å². The number of hydrogen-bond acceptors (Lipinski definition) is 7.